The van der Waals surface area contributed by atoms with Gasteiger partial charge in [0.1, 0.15) is 5.75 Å². The summed E-state index contributed by atoms with van der Waals surface area (Å²) in [7, 11) is 1.61. The van der Waals surface area contributed by atoms with Crippen molar-refractivity contribution in [1.82, 2.24) is 9.88 Å². The summed E-state index contributed by atoms with van der Waals surface area (Å²) in [5, 5.41) is 1.32. The molecule has 0 unspecified atom stereocenters. The van der Waals surface area contributed by atoms with Crippen molar-refractivity contribution >= 4 is 16.8 Å². The largest absolute Gasteiger partial charge is 0.496 e. The number of para-hydroxylation sites is 2. The third-order valence-corrected chi connectivity index (χ3v) is 5.42. The van der Waals surface area contributed by atoms with Crippen molar-refractivity contribution in [2.75, 3.05) is 20.2 Å². The monoisotopic (exact) mass is 348 g/mol. The minimum Gasteiger partial charge on any atom is -0.496 e. The molecule has 0 saturated carbocycles. The fraction of sp³-hybridized carbons (Fsp3) is 0.318. The van der Waals surface area contributed by atoms with E-state index in [4.69, 9.17) is 4.74 Å². The fourth-order valence-corrected chi connectivity index (χ4v) is 3.94. The zero-order valence-electron chi connectivity index (χ0n) is 15.1. The molecule has 1 aromatic heterocycles. The molecule has 1 aliphatic heterocycles. The van der Waals surface area contributed by atoms with Gasteiger partial charge < -0.3 is 14.6 Å². The number of carbonyl (C=O) groups is 1. The van der Waals surface area contributed by atoms with Crippen molar-refractivity contribution in [3.8, 4) is 5.75 Å². The van der Waals surface area contributed by atoms with Crippen LogP contribution in [0.3, 0.4) is 0 Å². The van der Waals surface area contributed by atoms with Gasteiger partial charge in [0.15, 0.2) is 0 Å². The highest BCUT2D eigenvalue weighted by atomic mass is 16.5. The van der Waals surface area contributed by atoms with E-state index in [1.165, 1.54) is 16.5 Å². The van der Waals surface area contributed by atoms with Gasteiger partial charge in [-0.05, 0) is 48.9 Å². The number of hydrogen-bond donors (Lipinski definition) is 1. The fourth-order valence-electron chi connectivity index (χ4n) is 3.94. The summed E-state index contributed by atoms with van der Waals surface area (Å²) in [6, 6.07) is 15.9. The van der Waals surface area contributed by atoms with E-state index in [2.05, 4.69) is 35.4 Å². The second-order valence-corrected chi connectivity index (χ2v) is 7.00. The molecular weight excluding hydrogens is 324 g/mol. The van der Waals surface area contributed by atoms with Gasteiger partial charge >= 0.3 is 0 Å². The van der Waals surface area contributed by atoms with E-state index in [1.807, 2.05) is 29.2 Å². The Kier molecular flexibility index (Phi) is 4.65. The molecule has 0 spiro atoms. The number of benzene rings is 2. The first-order chi connectivity index (χ1) is 12.8. The van der Waals surface area contributed by atoms with Crippen molar-refractivity contribution < 1.29 is 9.53 Å². The van der Waals surface area contributed by atoms with Gasteiger partial charge in [-0.3, -0.25) is 4.79 Å². The molecule has 1 N–H and O–H groups in total. The molecule has 4 rings (SSSR count). The third kappa shape index (κ3) is 3.19. The van der Waals surface area contributed by atoms with Crippen molar-refractivity contribution in [2.45, 2.75) is 19.3 Å². The molecule has 1 saturated heterocycles. The minimum atomic E-state index is 0.0768. The summed E-state index contributed by atoms with van der Waals surface area (Å²) in [5.74, 6) is 1.35. The predicted octanol–water partition coefficient (Wildman–Crippen LogP) is 4.27. The van der Waals surface area contributed by atoms with Gasteiger partial charge in [-0.1, -0.05) is 30.3 Å². The van der Waals surface area contributed by atoms with E-state index in [0.29, 0.717) is 17.2 Å². The summed E-state index contributed by atoms with van der Waals surface area (Å²) in [6.45, 7) is 1.62. The Bertz CT molecular complexity index is 907. The summed E-state index contributed by atoms with van der Waals surface area (Å²) in [6.07, 6.45) is 5.29. The molecule has 0 bridgehead atoms. The van der Waals surface area contributed by atoms with Crippen LogP contribution in [0.4, 0.5) is 0 Å². The maximum Gasteiger partial charge on any atom is 0.257 e. The number of fused-ring (bicyclic) bond motifs is 1. The minimum absolute atomic E-state index is 0.0768. The number of nitrogens with zero attached hydrogens (tertiary/aromatic N) is 1. The van der Waals surface area contributed by atoms with Gasteiger partial charge in [0.05, 0.1) is 12.7 Å². The smallest absolute Gasteiger partial charge is 0.257 e. The summed E-state index contributed by atoms with van der Waals surface area (Å²) < 4.78 is 5.34. The number of aromatic nitrogens is 1. The number of carbonyl (C=O) groups excluding carboxylic acids is 1. The van der Waals surface area contributed by atoms with Crippen LogP contribution in [-0.4, -0.2) is 36.0 Å². The summed E-state index contributed by atoms with van der Waals surface area (Å²) in [4.78, 5) is 18.1. The van der Waals surface area contributed by atoms with Gasteiger partial charge in [0.2, 0.25) is 0 Å². The van der Waals surface area contributed by atoms with Crippen LogP contribution in [-0.2, 0) is 6.42 Å². The summed E-state index contributed by atoms with van der Waals surface area (Å²) in [5.41, 5.74) is 3.24. The van der Waals surface area contributed by atoms with Crippen molar-refractivity contribution in [3.05, 3.63) is 65.9 Å². The van der Waals surface area contributed by atoms with E-state index in [1.54, 1.807) is 7.11 Å². The lowest BCUT2D eigenvalue weighted by Crippen LogP contribution is -2.39. The maximum atomic E-state index is 12.8. The molecule has 4 heteroatoms. The molecule has 3 aromatic rings. The standard InChI is InChI=1S/C22H24N2O2/c1-26-21-9-5-3-7-19(21)22(25)24-12-10-16(11-13-24)14-17-15-23-20-8-4-2-6-18(17)20/h2-9,15-16,23H,10-14H2,1H3. The predicted molar refractivity (Wildman–Crippen MR) is 104 cm³/mol. The molecule has 0 atom stereocenters. The van der Waals surface area contributed by atoms with Crippen LogP contribution in [0.5, 0.6) is 5.75 Å². The highest BCUT2D eigenvalue weighted by Crippen LogP contribution is 2.28. The molecule has 26 heavy (non-hydrogen) atoms. The van der Waals surface area contributed by atoms with E-state index in [-0.39, 0.29) is 5.91 Å². The zero-order valence-corrected chi connectivity index (χ0v) is 15.1. The Morgan fingerprint density at radius 2 is 1.85 bits per heavy atom. The number of piperidine rings is 1. The number of methoxy groups -OCH3 is 1. The van der Waals surface area contributed by atoms with Crippen LogP contribution in [0, 0.1) is 5.92 Å². The SMILES string of the molecule is COc1ccccc1C(=O)N1CCC(Cc2c[nH]c3ccccc23)CC1. The number of H-pyrrole nitrogens is 1. The Hall–Kier alpha value is -2.75. The molecule has 134 valence electrons. The van der Waals surface area contributed by atoms with Gasteiger partial charge in [0.25, 0.3) is 5.91 Å². The van der Waals surface area contributed by atoms with Crippen molar-refractivity contribution in [1.29, 1.82) is 0 Å². The summed E-state index contributed by atoms with van der Waals surface area (Å²) >= 11 is 0. The topological polar surface area (TPSA) is 45.3 Å². The van der Waals surface area contributed by atoms with Crippen LogP contribution in [0.15, 0.2) is 54.7 Å². The molecule has 4 nitrogen and oxygen atoms in total. The van der Waals surface area contributed by atoms with Gasteiger partial charge in [-0.2, -0.15) is 0 Å². The van der Waals surface area contributed by atoms with Gasteiger partial charge in [0, 0.05) is 30.2 Å². The lowest BCUT2D eigenvalue weighted by molar-refractivity contribution is 0.0687. The maximum absolute atomic E-state index is 12.8. The van der Waals surface area contributed by atoms with E-state index >= 15 is 0 Å². The number of nitrogens with one attached hydrogen (secondary N) is 1. The number of ether oxygens (including phenoxy) is 1. The molecule has 1 amide bonds. The Labute approximate surface area is 153 Å². The van der Waals surface area contributed by atoms with Gasteiger partial charge in [-0.25, -0.2) is 0 Å². The molecular formula is C22H24N2O2. The van der Waals surface area contributed by atoms with Crippen LogP contribution in [0.25, 0.3) is 10.9 Å². The molecule has 1 aliphatic rings. The molecule has 2 aromatic carbocycles. The van der Waals surface area contributed by atoms with Crippen LogP contribution >= 0.6 is 0 Å². The number of rotatable bonds is 4. The number of hydrogen-bond acceptors (Lipinski definition) is 2. The first-order valence-corrected chi connectivity index (χ1v) is 9.23. The molecule has 0 radical (unpaired) electrons. The Morgan fingerprint density at radius 1 is 1.12 bits per heavy atom. The normalized spacial score (nSPS) is 15.3. The van der Waals surface area contributed by atoms with E-state index in [0.717, 1.165) is 32.4 Å². The Balaban J connectivity index is 1.40. The molecule has 0 aliphatic carbocycles. The second-order valence-electron chi connectivity index (χ2n) is 7.00. The number of likely N-dealkylation sites (tertiary alicyclic amines) is 1. The number of amides is 1. The highest BCUT2D eigenvalue weighted by Gasteiger charge is 2.25. The van der Waals surface area contributed by atoms with E-state index < -0.39 is 0 Å². The Morgan fingerprint density at radius 3 is 2.65 bits per heavy atom. The zero-order chi connectivity index (χ0) is 17.9. The van der Waals surface area contributed by atoms with E-state index in [9.17, 15) is 4.79 Å². The van der Waals surface area contributed by atoms with Crippen molar-refractivity contribution in [2.24, 2.45) is 5.92 Å². The third-order valence-electron chi connectivity index (χ3n) is 5.42. The first-order valence-electron chi connectivity index (χ1n) is 9.23. The van der Waals surface area contributed by atoms with Crippen LogP contribution < -0.4 is 4.74 Å². The average molecular weight is 348 g/mol. The van der Waals surface area contributed by atoms with Crippen molar-refractivity contribution in [3.63, 3.8) is 0 Å². The molecule has 2 heterocycles. The number of aromatic amines is 1. The van der Waals surface area contributed by atoms with Crippen LogP contribution in [0.2, 0.25) is 0 Å². The highest BCUT2D eigenvalue weighted by molar-refractivity contribution is 5.97. The quantitative estimate of drug-likeness (QED) is 0.765. The molecule has 1 fully saturated rings. The lowest BCUT2D eigenvalue weighted by atomic mass is 9.90. The van der Waals surface area contributed by atoms with Crippen LogP contribution in [0.1, 0.15) is 28.8 Å². The first kappa shape index (κ1) is 16.7. The second kappa shape index (κ2) is 7.24. The van der Waals surface area contributed by atoms with Gasteiger partial charge in [-0.15, -0.1) is 0 Å². The average Bonchev–Trinajstić information content (AvgIpc) is 3.11. The lowest BCUT2D eigenvalue weighted by Gasteiger charge is -2.32.